The molecule has 5 heteroatoms. The molecule has 0 aromatic carbocycles. The highest BCUT2D eigenvalue weighted by Crippen LogP contribution is 2.57. The highest BCUT2D eigenvalue weighted by atomic mass is 32.9. The molecule has 1 N–H and O–H groups in total. The summed E-state index contributed by atoms with van der Waals surface area (Å²) in [6, 6.07) is 0. The van der Waals surface area contributed by atoms with Crippen molar-refractivity contribution in [3.63, 3.8) is 0 Å². The summed E-state index contributed by atoms with van der Waals surface area (Å²) < 4.78 is 5.23. The van der Waals surface area contributed by atoms with Crippen molar-refractivity contribution in [3.05, 3.63) is 0 Å². The molecular formula is C7H17O2PS2. The van der Waals surface area contributed by atoms with Gasteiger partial charge in [-0.15, -0.1) is 0 Å². The van der Waals surface area contributed by atoms with Gasteiger partial charge in [-0.3, -0.25) is 0 Å². The van der Waals surface area contributed by atoms with E-state index in [1.165, 1.54) is 11.4 Å². The fraction of sp³-hybridized carbons (Fsp3) is 1.00. The second-order valence-electron chi connectivity index (χ2n) is 2.81. The van der Waals surface area contributed by atoms with Crippen LogP contribution in [0.1, 0.15) is 33.6 Å². The van der Waals surface area contributed by atoms with E-state index < -0.39 is 5.69 Å². The van der Waals surface area contributed by atoms with Gasteiger partial charge in [-0.1, -0.05) is 38.6 Å². The molecule has 0 spiro atoms. The van der Waals surface area contributed by atoms with Crippen LogP contribution in [0.2, 0.25) is 0 Å². The van der Waals surface area contributed by atoms with Crippen molar-refractivity contribution in [2.45, 2.75) is 38.9 Å². The summed E-state index contributed by atoms with van der Waals surface area (Å²) in [6.07, 6.45) is 2.04. The molecule has 0 amide bonds. The molecule has 0 aromatic rings. The van der Waals surface area contributed by atoms with Crippen LogP contribution in [0.15, 0.2) is 0 Å². The first kappa shape index (κ1) is 12.9. The molecule has 0 bridgehead atoms. The Balaban J connectivity index is 3.64. The molecule has 0 rings (SSSR count). The van der Waals surface area contributed by atoms with E-state index in [1.54, 1.807) is 0 Å². The second kappa shape index (κ2) is 6.39. The highest BCUT2D eigenvalue weighted by molar-refractivity contribution is 8.67. The number of hydrogen-bond donors (Lipinski definition) is 1. The van der Waals surface area contributed by atoms with Crippen molar-refractivity contribution in [2.24, 2.45) is 0 Å². The quantitative estimate of drug-likeness (QED) is 0.558. The Kier molecular flexibility index (Phi) is 6.87. The molecule has 0 aliphatic rings. The SMILES string of the molecule is CCCCOP(O)(=S)SC(C)C. The third kappa shape index (κ3) is 7.56. The van der Waals surface area contributed by atoms with Gasteiger partial charge in [0.05, 0.1) is 6.61 Å². The number of hydrogen-bond acceptors (Lipinski definition) is 3. The molecule has 12 heavy (non-hydrogen) atoms. The molecule has 0 saturated heterocycles. The van der Waals surface area contributed by atoms with Crippen LogP contribution in [0.4, 0.5) is 0 Å². The molecular weight excluding hydrogens is 211 g/mol. The smallest absolute Gasteiger partial charge is 0.244 e. The average Bonchev–Trinajstić information content (AvgIpc) is 1.84. The Morgan fingerprint density at radius 2 is 2.17 bits per heavy atom. The number of unbranched alkanes of at least 4 members (excludes halogenated alkanes) is 1. The summed E-state index contributed by atoms with van der Waals surface area (Å²) in [6.45, 7) is 6.68. The summed E-state index contributed by atoms with van der Waals surface area (Å²) in [5, 5.41) is 0.336. The van der Waals surface area contributed by atoms with Crippen molar-refractivity contribution < 1.29 is 9.42 Å². The molecule has 0 aliphatic heterocycles. The van der Waals surface area contributed by atoms with E-state index in [9.17, 15) is 4.89 Å². The van der Waals surface area contributed by atoms with Gasteiger partial charge in [0.2, 0.25) is 5.69 Å². The Labute approximate surface area is 84.0 Å². The second-order valence-corrected chi connectivity index (χ2v) is 9.45. The Morgan fingerprint density at radius 3 is 2.58 bits per heavy atom. The first-order chi connectivity index (χ1) is 5.48. The first-order valence-electron chi connectivity index (χ1n) is 4.13. The maximum Gasteiger partial charge on any atom is 0.244 e. The van der Waals surface area contributed by atoms with Crippen LogP contribution in [0, 0.1) is 0 Å². The average molecular weight is 228 g/mol. The standard InChI is InChI=1S/C7H17O2PS2/c1-4-5-6-9-10(8,11)12-7(2)3/h7H,4-6H2,1-3H3,(H,8,11). The topological polar surface area (TPSA) is 29.5 Å². The van der Waals surface area contributed by atoms with Crippen LogP contribution in [0.25, 0.3) is 0 Å². The molecule has 1 unspecified atom stereocenters. The molecule has 0 radical (unpaired) electrons. The van der Waals surface area contributed by atoms with E-state index in [2.05, 4.69) is 6.92 Å². The molecule has 0 fully saturated rings. The zero-order valence-electron chi connectivity index (χ0n) is 7.82. The van der Waals surface area contributed by atoms with Gasteiger partial charge in [0.15, 0.2) is 0 Å². The van der Waals surface area contributed by atoms with Gasteiger partial charge in [-0.05, 0) is 18.2 Å². The van der Waals surface area contributed by atoms with Crippen molar-refractivity contribution in [2.75, 3.05) is 6.61 Å². The third-order valence-electron chi connectivity index (χ3n) is 1.10. The largest absolute Gasteiger partial charge is 0.337 e. The molecule has 0 saturated carbocycles. The minimum Gasteiger partial charge on any atom is -0.337 e. The van der Waals surface area contributed by atoms with Crippen molar-refractivity contribution in [3.8, 4) is 0 Å². The lowest BCUT2D eigenvalue weighted by Crippen LogP contribution is -1.93. The zero-order valence-corrected chi connectivity index (χ0v) is 10.3. The summed E-state index contributed by atoms with van der Waals surface area (Å²) in [5.74, 6) is 0. The Bertz CT molecular complexity index is 161. The van der Waals surface area contributed by atoms with E-state index in [0.29, 0.717) is 11.9 Å². The number of rotatable bonds is 6. The van der Waals surface area contributed by atoms with Crippen LogP contribution in [-0.2, 0) is 16.3 Å². The van der Waals surface area contributed by atoms with Gasteiger partial charge in [-0.2, -0.15) is 0 Å². The van der Waals surface area contributed by atoms with Gasteiger partial charge in [-0.25, -0.2) is 0 Å². The van der Waals surface area contributed by atoms with Gasteiger partial charge in [0.1, 0.15) is 0 Å². The van der Waals surface area contributed by atoms with Crippen molar-refractivity contribution >= 4 is 28.9 Å². The van der Waals surface area contributed by atoms with E-state index in [1.807, 2.05) is 13.8 Å². The van der Waals surface area contributed by atoms with E-state index in [4.69, 9.17) is 16.3 Å². The van der Waals surface area contributed by atoms with Crippen LogP contribution in [0.5, 0.6) is 0 Å². The fourth-order valence-electron chi connectivity index (χ4n) is 0.621. The summed E-state index contributed by atoms with van der Waals surface area (Å²) in [4.78, 5) is 9.58. The normalized spacial score (nSPS) is 16.4. The molecule has 2 nitrogen and oxygen atoms in total. The first-order valence-corrected chi connectivity index (χ1v) is 8.29. The molecule has 0 heterocycles. The monoisotopic (exact) mass is 228 g/mol. The summed E-state index contributed by atoms with van der Waals surface area (Å²) >= 11 is 6.31. The minimum atomic E-state index is -2.53. The van der Waals surface area contributed by atoms with Gasteiger partial charge >= 0.3 is 0 Å². The predicted molar refractivity (Wildman–Crippen MR) is 60.1 cm³/mol. The minimum absolute atomic E-state index is 0.336. The lowest BCUT2D eigenvalue weighted by atomic mass is 10.4. The molecule has 74 valence electrons. The molecule has 0 aliphatic carbocycles. The van der Waals surface area contributed by atoms with Crippen LogP contribution < -0.4 is 0 Å². The van der Waals surface area contributed by atoms with E-state index in [-0.39, 0.29) is 0 Å². The van der Waals surface area contributed by atoms with Crippen LogP contribution in [-0.4, -0.2) is 16.8 Å². The predicted octanol–water partition coefficient (Wildman–Crippen LogP) is 3.16. The third-order valence-corrected chi connectivity index (χ3v) is 5.76. The van der Waals surface area contributed by atoms with E-state index >= 15 is 0 Å². The van der Waals surface area contributed by atoms with E-state index in [0.717, 1.165) is 12.8 Å². The van der Waals surface area contributed by atoms with Gasteiger partial charge in [0.25, 0.3) is 0 Å². The fourth-order valence-corrected chi connectivity index (χ4v) is 5.35. The highest BCUT2D eigenvalue weighted by Gasteiger charge is 2.15. The van der Waals surface area contributed by atoms with Crippen LogP contribution in [0.3, 0.4) is 0 Å². The summed E-state index contributed by atoms with van der Waals surface area (Å²) in [7, 11) is 0. The maximum absolute atomic E-state index is 9.58. The van der Waals surface area contributed by atoms with Crippen LogP contribution >= 0.6 is 17.1 Å². The Morgan fingerprint density at radius 1 is 1.58 bits per heavy atom. The van der Waals surface area contributed by atoms with Gasteiger partial charge < -0.3 is 9.42 Å². The Hall–Kier alpha value is 0.920. The van der Waals surface area contributed by atoms with Crippen molar-refractivity contribution in [1.82, 2.24) is 0 Å². The lowest BCUT2D eigenvalue weighted by molar-refractivity contribution is 0.312. The molecule has 1 atom stereocenters. The maximum atomic E-state index is 9.58. The molecule has 0 aromatic heterocycles. The van der Waals surface area contributed by atoms with Crippen molar-refractivity contribution in [1.29, 1.82) is 0 Å². The summed E-state index contributed by atoms with van der Waals surface area (Å²) in [5.41, 5.74) is -2.53. The lowest BCUT2D eigenvalue weighted by Gasteiger charge is -2.16. The zero-order chi connectivity index (χ0) is 9.61. The van der Waals surface area contributed by atoms with Gasteiger partial charge in [0, 0.05) is 5.25 Å².